The number of hydrogen-bond acceptors (Lipinski definition) is 6. The number of hydrogen-bond donors (Lipinski definition) is 3. The summed E-state index contributed by atoms with van der Waals surface area (Å²) < 4.78 is 5.29. The second kappa shape index (κ2) is 7.11. The molecule has 4 N–H and O–H groups in total. The van der Waals surface area contributed by atoms with Gasteiger partial charge in [-0.1, -0.05) is 18.2 Å². The van der Waals surface area contributed by atoms with Gasteiger partial charge in [0.15, 0.2) is 18.7 Å². The van der Waals surface area contributed by atoms with Gasteiger partial charge in [0, 0.05) is 7.05 Å². The lowest BCUT2D eigenvalue weighted by Crippen LogP contribution is -2.40. The highest BCUT2D eigenvalue weighted by molar-refractivity contribution is 5.97. The highest BCUT2D eigenvalue weighted by atomic mass is 16.5. The lowest BCUT2D eigenvalue weighted by atomic mass is 10.3. The molecular formula is C14H17N5O3. The minimum atomic E-state index is -0.438. The van der Waals surface area contributed by atoms with Crippen LogP contribution in [0.5, 0.6) is 5.75 Å². The lowest BCUT2D eigenvalue weighted by Gasteiger charge is -2.11. The average molecular weight is 303 g/mol. The number of nitrogens with one attached hydrogen (secondary N) is 2. The smallest absolute Gasteiger partial charge is 0.264 e. The van der Waals surface area contributed by atoms with E-state index in [1.54, 1.807) is 36.2 Å². The Kier molecular flexibility index (Phi) is 4.97. The van der Waals surface area contributed by atoms with Crippen LogP contribution in [0.25, 0.3) is 0 Å². The first-order chi connectivity index (χ1) is 10.6. The zero-order valence-electron chi connectivity index (χ0n) is 12.1. The van der Waals surface area contributed by atoms with E-state index in [2.05, 4.69) is 15.6 Å². The van der Waals surface area contributed by atoms with Crippen LogP contribution in [0.1, 0.15) is 0 Å². The summed E-state index contributed by atoms with van der Waals surface area (Å²) in [5.74, 6) is 0.411. The Morgan fingerprint density at radius 1 is 1.50 bits per heavy atom. The third kappa shape index (κ3) is 3.98. The number of allylic oxidation sites excluding steroid dienone is 1. The maximum Gasteiger partial charge on any atom is 0.264 e. The van der Waals surface area contributed by atoms with Gasteiger partial charge in [-0.05, 0) is 12.1 Å². The maximum atomic E-state index is 11.7. The quantitative estimate of drug-likeness (QED) is 0.379. The van der Waals surface area contributed by atoms with Crippen LogP contribution < -0.4 is 21.1 Å². The number of rotatable bonds is 5. The van der Waals surface area contributed by atoms with Crippen molar-refractivity contribution in [2.75, 3.05) is 20.3 Å². The molecule has 0 aromatic heterocycles. The van der Waals surface area contributed by atoms with Gasteiger partial charge in [-0.15, -0.1) is 0 Å². The minimum absolute atomic E-state index is 0.105. The van der Waals surface area contributed by atoms with E-state index in [9.17, 15) is 9.59 Å². The second-order valence-corrected chi connectivity index (χ2v) is 4.53. The van der Waals surface area contributed by atoms with Crippen molar-refractivity contribution >= 4 is 18.2 Å². The number of nitrogens with two attached hydrogens (primary N) is 1. The van der Waals surface area contributed by atoms with Gasteiger partial charge < -0.3 is 20.7 Å². The summed E-state index contributed by atoms with van der Waals surface area (Å²) in [7, 11) is 1.75. The number of benzene rings is 1. The van der Waals surface area contributed by atoms with Gasteiger partial charge in [0.1, 0.15) is 11.4 Å². The third-order valence-electron chi connectivity index (χ3n) is 2.83. The molecule has 1 aliphatic rings. The van der Waals surface area contributed by atoms with Gasteiger partial charge in [-0.3, -0.25) is 14.9 Å². The van der Waals surface area contributed by atoms with Crippen molar-refractivity contribution in [1.29, 1.82) is 0 Å². The zero-order chi connectivity index (χ0) is 15.9. The van der Waals surface area contributed by atoms with Crippen molar-refractivity contribution in [2.45, 2.75) is 0 Å². The summed E-state index contributed by atoms with van der Waals surface area (Å²) in [6.07, 6.45) is 0.649. The largest absolute Gasteiger partial charge is 0.484 e. The number of guanidine groups is 1. The van der Waals surface area contributed by atoms with E-state index in [1.165, 1.54) is 0 Å². The first kappa shape index (κ1) is 15.4. The predicted molar refractivity (Wildman–Crippen MR) is 80.6 cm³/mol. The highest BCUT2D eigenvalue weighted by Crippen LogP contribution is 2.12. The molecule has 1 heterocycles. The van der Waals surface area contributed by atoms with Crippen LogP contribution in [-0.2, 0) is 9.59 Å². The Balaban J connectivity index is 1.91. The second-order valence-electron chi connectivity index (χ2n) is 4.53. The summed E-state index contributed by atoms with van der Waals surface area (Å²) in [5.41, 5.74) is 5.98. The highest BCUT2D eigenvalue weighted by Gasteiger charge is 2.18. The molecule has 0 saturated carbocycles. The number of nitrogens with zero attached hydrogens (tertiary/aromatic N) is 2. The van der Waals surface area contributed by atoms with Gasteiger partial charge >= 0.3 is 0 Å². The Labute approximate surface area is 127 Å². The van der Waals surface area contributed by atoms with Crippen molar-refractivity contribution in [3.63, 3.8) is 0 Å². The van der Waals surface area contributed by atoms with Crippen LogP contribution in [0.15, 0.2) is 46.8 Å². The Bertz CT molecular complexity index is 612. The van der Waals surface area contributed by atoms with E-state index >= 15 is 0 Å². The average Bonchev–Trinajstić information content (AvgIpc) is 2.86. The predicted octanol–water partition coefficient (Wildman–Crippen LogP) is -0.643. The summed E-state index contributed by atoms with van der Waals surface area (Å²) in [6, 6.07) is 8.94. The normalized spacial score (nSPS) is 14.6. The van der Waals surface area contributed by atoms with Crippen LogP contribution in [0, 0.1) is 0 Å². The first-order valence-electron chi connectivity index (χ1n) is 6.56. The molecular weight excluding hydrogens is 286 g/mol. The Morgan fingerprint density at radius 2 is 2.23 bits per heavy atom. The van der Waals surface area contributed by atoms with Gasteiger partial charge in [0.05, 0.1) is 6.67 Å². The summed E-state index contributed by atoms with van der Waals surface area (Å²) in [6.45, 7) is 0.263. The van der Waals surface area contributed by atoms with Crippen LogP contribution in [0.4, 0.5) is 0 Å². The monoisotopic (exact) mass is 303 g/mol. The van der Waals surface area contributed by atoms with Gasteiger partial charge in [0.2, 0.25) is 5.96 Å². The van der Waals surface area contributed by atoms with Crippen molar-refractivity contribution < 1.29 is 14.3 Å². The molecule has 1 aromatic carbocycles. The molecule has 0 aliphatic carbocycles. The van der Waals surface area contributed by atoms with Gasteiger partial charge in [0.25, 0.3) is 5.91 Å². The third-order valence-corrected chi connectivity index (χ3v) is 2.83. The molecule has 2 rings (SSSR count). The van der Waals surface area contributed by atoms with Crippen molar-refractivity contribution in [3.8, 4) is 5.75 Å². The Morgan fingerprint density at radius 3 is 2.91 bits per heavy atom. The topological polar surface area (TPSA) is 109 Å². The summed E-state index contributed by atoms with van der Waals surface area (Å²) in [4.78, 5) is 28.3. The fourth-order valence-electron chi connectivity index (χ4n) is 1.79. The number of amides is 1. The Hall–Kier alpha value is -3.03. The molecule has 0 saturated heterocycles. The number of carbonyl (C=O) groups excluding carboxylic acids is 2. The zero-order valence-corrected chi connectivity index (χ0v) is 12.1. The summed E-state index contributed by atoms with van der Waals surface area (Å²) >= 11 is 0. The lowest BCUT2D eigenvalue weighted by molar-refractivity contribution is -0.121. The molecule has 0 fully saturated rings. The molecule has 0 unspecified atom stereocenters. The SMILES string of the molecule is CN1CNC(C=O)=C1N=C(N)NC(=O)COc1ccccc1. The van der Waals surface area contributed by atoms with E-state index in [-0.39, 0.29) is 12.6 Å². The molecule has 1 aliphatic heterocycles. The summed E-state index contributed by atoms with van der Waals surface area (Å²) in [5, 5.41) is 5.25. The number of ether oxygens (including phenoxy) is 1. The number of para-hydroxylation sites is 1. The molecule has 0 bridgehead atoms. The molecule has 8 nitrogen and oxygen atoms in total. The molecule has 22 heavy (non-hydrogen) atoms. The minimum Gasteiger partial charge on any atom is -0.484 e. The van der Waals surface area contributed by atoms with Crippen LogP contribution >= 0.6 is 0 Å². The fraction of sp³-hybridized carbons (Fsp3) is 0.214. The molecule has 116 valence electrons. The fourth-order valence-corrected chi connectivity index (χ4v) is 1.79. The van der Waals surface area contributed by atoms with Crippen molar-refractivity contribution in [2.24, 2.45) is 10.7 Å². The molecule has 1 amide bonds. The molecule has 0 spiro atoms. The van der Waals surface area contributed by atoms with E-state index in [0.29, 0.717) is 30.2 Å². The molecule has 1 aromatic rings. The van der Waals surface area contributed by atoms with E-state index < -0.39 is 5.91 Å². The van der Waals surface area contributed by atoms with E-state index in [4.69, 9.17) is 10.5 Å². The maximum absolute atomic E-state index is 11.7. The van der Waals surface area contributed by atoms with Crippen molar-refractivity contribution in [3.05, 3.63) is 41.8 Å². The van der Waals surface area contributed by atoms with E-state index in [0.717, 1.165) is 0 Å². The van der Waals surface area contributed by atoms with Crippen LogP contribution in [-0.4, -0.2) is 43.4 Å². The van der Waals surface area contributed by atoms with Gasteiger partial charge in [-0.2, -0.15) is 4.99 Å². The van der Waals surface area contributed by atoms with E-state index in [1.807, 2.05) is 6.07 Å². The van der Waals surface area contributed by atoms with Crippen molar-refractivity contribution in [1.82, 2.24) is 15.5 Å². The number of aldehydes is 1. The van der Waals surface area contributed by atoms with Crippen LogP contribution in [0.2, 0.25) is 0 Å². The number of aliphatic imine (C=N–C) groups is 1. The molecule has 0 radical (unpaired) electrons. The van der Waals surface area contributed by atoms with Gasteiger partial charge in [-0.25, -0.2) is 0 Å². The standard InChI is InChI=1S/C14H17N5O3/c1-19-9-16-11(7-20)13(19)18-14(15)17-12(21)8-22-10-5-3-2-4-6-10/h2-7,16H,8-9H2,1H3,(H3,15,17,18,21). The first-order valence-corrected chi connectivity index (χ1v) is 6.56. The van der Waals surface area contributed by atoms with Crippen LogP contribution in [0.3, 0.4) is 0 Å². The molecule has 0 atom stereocenters. The molecule has 8 heteroatoms. The number of carbonyl (C=O) groups is 2.